The van der Waals surface area contributed by atoms with E-state index in [0.717, 1.165) is 30.2 Å². The van der Waals surface area contributed by atoms with Crippen molar-refractivity contribution in [1.82, 2.24) is 9.62 Å². The lowest BCUT2D eigenvalue weighted by Gasteiger charge is -2.31. The van der Waals surface area contributed by atoms with Crippen molar-refractivity contribution in [2.45, 2.75) is 44.4 Å². The van der Waals surface area contributed by atoms with Crippen molar-refractivity contribution in [2.75, 3.05) is 39.3 Å². The Kier molecular flexibility index (Phi) is 8.85. The maximum atomic E-state index is 13.4. The van der Waals surface area contributed by atoms with Gasteiger partial charge in [-0.25, -0.2) is 12.8 Å². The van der Waals surface area contributed by atoms with Crippen LogP contribution in [0.3, 0.4) is 0 Å². The van der Waals surface area contributed by atoms with E-state index in [4.69, 9.17) is 0 Å². The SMILES string of the molecule is CCCC[C@@H](CC)CNC(=O)C[NH+]1CCN(S(=O)(=O)c2cccc(F)c2)CC1. The van der Waals surface area contributed by atoms with Gasteiger partial charge in [0.1, 0.15) is 5.82 Å². The zero-order valence-corrected chi connectivity index (χ0v) is 17.7. The second-order valence-corrected chi connectivity index (χ2v) is 9.45. The van der Waals surface area contributed by atoms with Crippen LogP contribution < -0.4 is 10.2 Å². The van der Waals surface area contributed by atoms with Crippen molar-refractivity contribution in [3.63, 3.8) is 0 Å². The summed E-state index contributed by atoms with van der Waals surface area (Å²) in [4.78, 5) is 13.3. The second kappa shape index (κ2) is 10.9. The number of carbonyl (C=O) groups is 1. The summed E-state index contributed by atoms with van der Waals surface area (Å²) in [5.74, 6) is -0.0233. The summed E-state index contributed by atoms with van der Waals surface area (Å²) in [7, 11) is -3.69. The molecule has 0 radical (unpaired) electrons. The van der Waals surface area contributed by atoms with Crippen molar-refractivity contribution in [2.24, 2.45) is 5.92 Å². The van der Waals surface area contributed by atoms with Crippen LogP contribution in [-0.2, 0) is 14.8 Å². The predicted molar refractivity (Wildman–Crippen MR) is 107 cm³/mol. The molecule has 6 nitrogen and oxygen atoms in total. The third-order valence-electron chi connectivity index (χ3n) is 5.41. The molecule has 28 heavy (non-hydrogen) atoms. The van der Waals surface area contributed by atoms with Crippen molar-refractivity contribution < 1.29 is 22.5 Å². The number of sulfonamides is 1. The molecule has 1 aliphatic heterocycles. The molecule has 158 valence electrons. The molecule has 0 unspecified atom stereocenters. The first kappa shape index (κ1) is 22.8. The molecule has 1 aromatic rings. The zero-order valence-electron chi connectivity index (χ0n) is 16.9. The van der Waals surface area contributed by atoms with Crippen LogP contribution in [0, 0.1) is 11.7 Å². The largest absolute Gasteiger partial charge is 0.351 e. The van der Waals surface area contributed by atoms with Crippen LogP contribution in [0.2, 0.25) is 0 Å². The number of halogens is 1. The number of amides is 1. The highest BCUT2D eigenvalue weighted by atomic mass is 32.2. The molecule has 0 aromatic heterocycles. The van der Waals surface area contributed by atoms with E-state index in [1.165, 1.54) is 28.9 Å². The molecule has 1 amide bonds. The number of nitrogens with zero attached hydrogens (tertiary/aromatic N) is 1. The van der Waals surface area contributed by atoms with Gasteiger partial charge in [0.25, 0.3) is 5.91 Å². The number of unbranched alkanes of at least 4 members (excludes halogenated alkanes) is 1. The fourth-order valence-corrected chi connectivity index (χ4v) is 4.96. The Bertz CT molecular complexity index is 734. The number of hydrogen-bond donors (Lipinski definition) is 2. The van der Waals surface area contributed by atoms with Crippen LogP contribution in [-0.4, -0.2) is 57.9 Å². The highest BCUT2D eigenvalue weighted by Gasteiger charge is 2.31. The molecule has 0 aliphatic carbocycles. The molecular formula is C20H33FN3O3S+. The van der Waals surface area contributed by atoms with E-state index in [1.807, 2.05) is 0 Å². The number of benzene rings is 1. The molecule has 1 atom stereocenters. The fourth-order valence-electron chi connectivity index (χ4n) is 3.49. The van der Waals surface area contributed by atoms with Gasteiger partial charge in [-0.1, -0.05) is 39.2 Å². The van der Waals surface area contributed by atoms with Crippen LogP contribution in [0.4, 0.5) is 4.39 Å². The molecule has 0 saturated carbocycles. The van der Waals surface area contributed by atoms with E-state index in [-0.39, 0.29) is 10.8 Å². The average molecular weight is 415 g/mol. The summed E-state index contributed by atoms with van der Waals surface area (Å²) in [5, 5.41) is 3.03. The normalized spacial score (nSPS) is 17.4. The van der Waals surface area contributed by atoms with E-state index < -0.39 is 15.8 Å². The zero-order chi connectivity index (χ0) is 20.6. The summed E-state index contributed by atoms with van der Waals surface area (Å²) in [6.07, 6.45) is 4.54. The van der Waals surface area contributed by atoms with Gasteiger partial charge in [-0.2, -0.15) is 4.31 Å². The minimum absolute atomic E-state index is 0.0198. The third-order valence-corrected chi connectivity index (χ3v) is 7.30. The van der Waals surface area contributed by atoms with Crippen LogP contribution in [0.15, 0.2) is 29.2 Å². The summed E-state index contributed by atoms with van der Waals surface area (Å²) < 4.78 is 40.0. The first-order chi connectivity index (χ1) is 13.4. The van der Waals surface area contributed by atoms with Gasteiger partial charge in [0.15, 0.2) is 6.54 Å². The number of hydrogen-bond acceptors (Lipinski definition) is 3. The standard InChI is InChI=1S/C20H32FN3O3S/c1-3-5-7-17(4-2)15-22-20(25)16-23-10-12-24(13-11-23)28(26,27)19-9-6-8-18(21)14-19/h6,8-9,14,17H,3-5,7,10-13,15-16H2,1-2H3,(H,22,25)/p+1/t17-/m1/s1. The van der Waals surface area contributed by atoms with E-state index in [1.54, 1.807) is 0 Å². The lowest BCUT2D eigenvalue weighted by atomic mass is 9.99. The summed E-state index contributed by atoms with van der Waals surface area (Å²) in [5.41, 5.74) is 0. The third kappa shape index (κ3) is 6.53. The predicted octanol–water partition coefficient (Wildman–Crippen LogP) is 1.05. The summed E-state index contributed by atoms with van der Waals surface area (Å²) in [6, 6.07) is 5.09. The monoisotopic (exact) mass is 414 g/mol. The van der Waals surface area contributed by atoms with Crippen LogP contribution in [0.25, 0.3) is 0 Å². The highest BCUT2D eigenvalue weighted by molar-refractivity contribution is 7.89. The molecule has 1 aliphatic rings. The van der Waals surface area contributed by atoms with Crippen molar-refractivity contribution in [3.8, 4) is 0 Å². The fraction of sp³-hybridized carbons (Fsp3) is 0.650. The molecule has 1 saturated heterocycles. The number of piperazine rings is 1. The molecule has 0 bridgehead atoms. The maximum absolute atomic E-state index is 13.4. The second-order valence-electron chi connectivity index (χ2n) is 7.51. The first-order valence-corrected chi connectivity index (χ1v) is 11.7. The number of quaternary nitrogens is 1. The van der Waals surface area contributed by atoms with Gasteiger partial charge in [0.05, 0.1) is 31.1 Å². The Morgan fingerprint density at radius 3 is 2.61 bits per heavy atom. The Morgan fingerprint density at radius 2 is 2.00 bits per heavy atom. The van der Waals surface area contributed by atoms with E-state index in [2.05, 4.69) is 19.2 Å². The number of rotatable bonds is 10. The minimum atomic E-state index is -3.69. The van der Waals surface area contributed by atoms with Gasteiger partial charge >= 0.3 is 0 Å². The van der Waals surface area contributed by atoms with E-state index in [9.17, 15) is 17.6 Å². The van der Waals surface area contributed by atoms with Crippen molar-refractivity contribution in [3.05, 3.63) is 30.1 Å². The Labute approximate surface area is 168 Å². The van der Waals surface area contributed by atoms with Crippen molar-refractivity contribution in [1.29, 1.82) is 0 Å². The van der Waals surface area contributed by atoms with Gasteiger partial charge in [-0.15, -0.1) is 0 Å². The smallest absolute Gasteiger partial charge is 0.275 e. The molecule has 2 rings (SSSR count). The van der Waals surface area contributed by atoms with Gasteiger partial charge < -0.3 is 10.2 Å². The van der Waals surface area contributed by atoms with Crippen LogP contribution in [0.1, 0.15) is 39.5 Å². The van der Waals surface area contributed by atoms with Crippen LogP contribution in [0.5, 0.6) is 0 Å². The molecule has 1 heterocycles. The van der Waals surface area contributed by atoms with Crippen molar-refractivity contribution >= 4 is 15.9 Å². The van der Waals surface area contributed by atoms with E-state index >= 15 is 0 Å². The first-order valence-electron chi connectivity index (χ1n) is 10.2. The van der Waals surface area contributed by atoms with E-state index in [0.29, 0.717) is 45.2 Å². The lowest BCUT2D eigenvalue weighted by Crippen LogP contribution is -3.15. The topological polar surface area (TPSA) is 70.9 Å². The molecule has 1 fully saturated rings. The Hall–Kier alpha value is -1.51. The van der Waals surface area contributed by atoms with Gasteiger partial charge in [-0.05, 0) is 30.5 Å². The quantitative estimate of drug-likeness (QED) is 0.601. The number of carbonyl (C=O) groups excluding carboxylic acids is 1. The number of nitrogens with one attached hydrogen (secondary N) is 2. The molecule has 0 spiro atoms. The van der Waals surface area contributed by atoms with Gasteiger partial charge in [0.2, 0.25) is 10.0 Å². The maximum Gasteiger partial charge on any atom is 0.275 e. The summed E-state index contributed by atoms with van der Waals surface area (Å²) in [6.45, 7) is 7.18. The van der Waals surface area contributed by atoms with Gasteiger partial charge in [0, 0.05) is 6.54 Å². The van der Waals surface area contributed by atoms with Crippen LogP contribution >= 0.6 is 0 Å². The van der Waals surface area contributed by atoms with Gasteiger partial charge in [-0.3, -0.25) is 4.79 Å². The molecule has 1 aromatic carbocycles. The molecule has 8 heteroatoms. The highest BCUT2D eigenvalue weighted by Crippen LogP contribution is 2.16. The average Bonchev–Trinajstić information content (AvgIpc) is 2.68. The Balaban J connectivity index is 1.79. The lowest BCUT2D eigenvalue weighted by molar-refractivity contribution is -0.895. The Morgan fingerprint density at radius 1 is 1.29 bits per heavy atom. The molecule has 2 N–H and O–H groups in total. The minimum Gasteiger partial charge on any atom is -0.351 e. The molecular weight excluding hydrogens is 381 g/mol. The summed E-state index contributed by atoms with van der Waals surface area (Å²) >= 11 is 0.